The van der Waals surface area contributed by atoms with Crippen LogP contribution in [-0.2, 0) is 9.53 Å². The molecule has 2 saturated heterocycles. The van der Waals surface area contributed by atoms with E-state index < -0.39 is 0 Å². The molecular formula is C12H23N3O2. The average molecular weight is 241 g/mol. The van der Waals surface area contributed by atoms with Crippen molar-refractivity contribution in [3.63, 3.8) is 0 Å². The largest absolute Gasteiger partial charge is 0.374 e. The first-order valence-corrected chi connectivity index (χ1v) is 6.40. The SMILES string of the molecule is CC(C)C1NCN(CC2CN(C)CCO2)C1=O. The molecule has 0 radical (unpaired) electrons. The molecule has 0 aromatic carbocycles. The van der Waals surface area contributed by atoms with E-state index in [9.17, 15) is 4.79 Å². The molecule has 1 N–H and O–H groups in total. The second-order valence-corrected chi connectivity index (χ2v) is 5.40. The molecule has 0 aromatic rings. The van der Waals surface area contributed by atoms with Crippen LogP contribution in [-0.4, -0.2) is 67.8 Å². The van der Waals surface area contributed by atoms with Gasteiger partial charge in [-0.3, -0.25) is 10.1 Å². The minimum atomic E-state index is -0.0173. The van der Waals surface area contributed by atoms with Gasteiger partial charge in [0.25, 0.3) is 0 Å². The Kier molecular flexibility index (Phi) is 4.01. The standard InChI is InChI=1S/C12H23N3O2/c1-9(2)11-12(16)15(8-13-11)7-10-6-14(3)4-5-17-10/h9-11,13H,4-8H2,1-3H3. The molecule has 0 saturated carbocycles. The molecule has 17 heavy (non-hydrogen) atoms. The van der Waals surface area contributed by atoms with Crippen LogP contribution in [0, 0.1) is 5.92 Å². The fraction of sp³-hybridized carbons (Fsp3) is 0.917. The number of nitrogens with zero attached hydrogens (tertiary/aromatic N) is 2. The Bertz CT molecular complexity index is 283. The molecule has 5 heteroatoms. The van der Waals surface area contributed by atoms with Crippen molar-refractivity contribution in [3.8, 4) is 0 Å². The first-order chi connectivity index (χ1) is 8.08. The van der Waals surface area contributed by atoms with Gasteiger partial charge < -0.3 is 14.5 Å². The molecule has 2 unspecified atom stereocenters. The van der Waals surface area contributed by atoms with Crippen molar-refractivity contribution in [2.24, 2.45) is 5.92 Å². The van der Waals surface area contributed by atoms with E-state index in [0.29, 0.717) is 19.1 Å². The van der Waals surface area contributed by atoms with Gasteiger partial charge in [0.1, 0.15) is 0 Å². The number of nitrogens with one attached hydrogen (secondary N) is 1. The zero-order chi connectivity index (χ0) is 12.4. The molecule has 2 atom stereocenters. The maximum atomic E-state index is 12.1. The quantitative estimate of drug-likeness (QED) is 0.739. The minimum absolute atomic E-state index is 0.0173. The molecule has 0 bridgehead atoms. The van der Waals surface area contributed by atoms with E-state index in [-0.39, 0.29) is 18.1 Å². The highest BCUT2D eigenvalue weighted by Crippen LogP contribution is 2.14. The van der Waals surface area contributed by atoms with E-state index >= 15 is 0 Å². The summed E-state index contributed by atoms with van der Waals surface area (Å²) >= 11 is 0. The summed E-state index contributed by atoms with van der Waals surface area (Å²) in [6.07, 6.45) is 0.158. The molecule has 2 heterocycles. The summed E-state index contributed by atoms with van der Waals surface area (Å²) in [6, 6.07) is -0.0173. The summed E-state index contributed by atoms with van der Waals surface area (Å²) in [4.78, 5) is 16.2. The molecular weight excluding hydrogens is 218 g/mol. The summed E-state index contributed by atoms with van der Waals surface area (Å²) < 4.78 is 5.69. The molecule has 98 valence electrons. The lowest BCUT2D eigenvalue weighted by Crippen LogP contribution is -2.47. The van der Waals surface area contributed by atoms with E-state index in [4.69, 9.17) is 4.74 Å². The van der Waals surface area contributed by atoms with Gasteiger partial charge in [-0.25, -0.2) is 0 Å². The van der Waals surface area contributed by atoms with Gasteiger partial charge in [-0.2, -0.15) is 0 Å². The predicted octanol–water partition coefficient (Wildman–Crippen LogP) is -0.269. The summed E-state index contributed by atoms with van der Waals surface area (Å²) in [7, 11) is 2.09. The van der Waals surface area contributed by atoms with Crippen LogP contribution in [0.15, 0.2) is 0 Å². The fourth-order valence-corrected chi connectivity index (χ4v) is 2.47. The third kappa shape index (κ3) is 2.97. The number of carbonyl (C=O) groups excluding carboxylic acids is 1. The lowest BCUT2D eigenvalue weighted by molar-refractivity contribution is -0.132. The highest BCUT2D eigenvalue weighted by Gasteiger charge is 2.34. The monoisotopic (exact) mass is 241 g/mol. The second-order valence-electron chi connectivity index (χ2n) is 5.40. The van der Waals surface area contributed by atoms with Crippen LogP contribution in [0.5, 0.6) is 0 Å². The maximum Gasteiger partial charge on any atom is 0.241 e. The van der Waals surface area contributed by atoms with Crippen molar-refractivity contribution in [2.75, 3.05) is 40.0 Å². The molecule has 2 aliphatic heterocycles. The zero-order valence-electron chi connectivity index (χ0n) is 11.0. The minimum Gasteiger partial charge on any atom is -0.374 e. The number of ether oxygens (including phenoxy) is 1. The molecule has 0 spiro atoms. The maximum absolute atomic E-state index is 12.1. The van der Waals surface area contributed by atoms with Crippen LogP contribution in [0.3, 0.4) is 0 Å². The van der Waals surface area contributed by atoms with Gasteiger partial charge in [0.2, 0.25) is 5.91 Å². The topological polar surface area (TPSA) is 44.8 Å². The molecule has 0 aliphatic carbocycles. The number of likely N-dealkylation sites (N-methyl/N-ethyl adjacent to an activating group) is 1. The van der Waals surface area contributed by atoms with Gasteiger partial charge in [-0.1, -0.05) is 13.8 Å². The molecule has 0 aromatic heterocycles. The second kappa shape index (κ2) is 5.33. The van der Waals surface area contributed by atoms with Gasteiger partial charge in [0.15, 0.2) is 0 Å². The van der Waals surface area contributed by atoms with Gasteiger partial charge in [0, 0.05) is 19.6 Å². The van der Waals surface area contributed by atoms with Crippen LogP contribution >= 0.6 is 0 Å². The van der Waals surface area contributed by atoms with Crippen LogP contribution in [0.2, 0.25) is 0 Å². The molecule has 5 nitrogen and oxygen atoms in total. The van der Waals surface area contributed by atoms with Gasteiger partial charge >= 0.3 is 0 Å². The number of carbonyl (C=O) groups is 1. The summed E-state index contributed by atoms with van der Waals surface area (Å²) in [5.74, 6) is 0.569. The Morgan fingerprint density at radius 3 is 2.88 bits per heavy atom. The molecule has 2 rings (SSSR count). The van der Waals surface area contributed by atoms with Crippen molar-refractivity contribution in [1.82, 2.24) is 15.1 Å². The first-order valence-electron chi connectivity index (χ1n) is 6.40. The predicted molar refractivity (Wildman–Crippen MR) is 65.6 cm³/mol. The molecule has 1 amide bonds. The Morgan fingerprint density at radius 2 is 2.29 bits per heavy atom. The number of rotatable bonds is 3. The van der Waals surface area contributed by atoms with Crippen molar-refractivity contribution in [2.45, 2.75) is 26.0 Å². The van der Waals surface area contributed by atoms with E-state index in [2.05, 4.69) is 31.1 Å². The lowest BCUT2D eigenvalue weighted by atomic mass is 10.1. The summed E-state index contributed by atoms with van der Waals surface area (Å²) in [5.41, 5.74) is 0. The Labute approximate surface area is 103 Å². The van der Waals surface area contributed by atoms with Crippen LogP contribution in [0.25, 0.3) is 0 Å². The van der Waals surface area contributed by atoms with Gasteiger partial charge in [-0.05, 0) is 13.0 Å². The summed E-state index contributed by atoms with van der Waals surface area (Å²) in [6.45, 7) is 8.18. The lowest BCUT2D eigenvalue weighted by Gasteiger charge is -2.32. The Hall–Kier alpha value is -0.650. The summed E-state index contributed by atoms with van der Waals surface area (Å²) in [5, 5.41) is 3.26. The number of hydrogen-bond donors (Lipinski definition) is 1. The number of hydrogen-bond acceptors (Lipinski definition) is 4. The number of amides is 1. The Morgan fingerprint density at radius 1 is 1.53 bits per heavy atom. The smallest absolute Gasteiger partial charge is 0.241 e. The van der Waals surface area contributed by atoms with Crippen molar-refractivity contribution >= 4 is 5.91 Å². The van der Waals surface area contributed by atoms with E-state index in [1.165, 1.54) is 0 Å². The van der Waals surface area contributed by atoms with E-state index in [1.807, 2.05) is 4.90 Å². The highest BCUT2D eigenvalue weighted by atomic mass is 16.5. The third-order valence-corrected chi connectivity index (χ3v) is 3.51. The normalized spacial score (nSPS) is 31.5. The third-order valence-electron chi connectivity index (χ3n) is 3.51. The zero-order valence-corrected chi connectivity index (χ0v) is 11.0. The van der Waals surface area contributed by atoms with Gasteiger partial charge in [-0.15, -0.1) is 0 Å². The van der Waals surface area contributed by atoms with Crippen molar-refractivity contribution in [3.05, 3.63) is 0 Å². The van der Waals surface area contributed by atoms with Crippen LogP contribution in [0.1, 0.15) is 13.8 Å². The van der Waals surface area contributed by atoms with E-state index in [0.717, 1.165) is 19.7 Å². The average Bonchev–Trinajstić information content (AvgIpc) is 2.61. The van der Waals surface area contributed by atoms with E-state index in [1.54, 1.807) is 0 Å². The number of morpholine rings is 1. The molecule has 2 aliphatic rings. The fourth-order valence-electron chi connectivity index (χ4n) is 2.47. The first kappa shape index (κ1) is 12.8. The Balaban J connectivity index is 1.85. The van der Waals surface area contributed by atoms with Crippen molar-refractivity contribution < 1.29 is 9.53 Å². The van der Waals surface area contributed by atoms with Crippen LogP contribution < -0.4 is 5.32 Å². The highest BCUT2D eigenvalue weighted by molar-refractivity contribution is 5.84. The van der Waals surface area contributed by atoms with Crippen molar-refractivity contribution in [1.29, 1.82) is 0 Å². The van der Waals surface area contributed by atoms with Crippen LogP contribution in [0.4, 0.5) is 0 Å². The van der Waals surface area contributed by atoms with Gasteiger partial charge in [0.05, 0.1) is 25.4 Å². The molecule has 2 fully saturated rings.